The SMILES string of the molecule is CN1CCCC2CN(c3ncc4c5c(c(-c6ncc(F)c7sc(N)c(C#N)c67)c(F)c4n3)COC5)CC21. The van der Waals surface area contributed by atoms with Gasteiger partial charge in [0.25, 0.3) is 0 Å². The summed E-state index contributed by atoms with van der Waals surface area (Å²) in [7, 11) is 2.15. The van der Waals surface area contributed by atoms with Gasteiger partial charge < -0.3 is 20.3 Å². The van der Waals surface area contributed by atoms with Crippen molar-refractivity contribution in [1.82, 2.24) is 19.9 Å². The first-order valence-electron chi connectivity index (χ1n) is 12.3. The maximum atomic E-state index is 16.5. The lowest BCUT2D eigenvalue weighted by Crippen LogP contribution is -2.42. The van der Waals surface area contributed by atoms with E-state index < -0.39 is 11.6 Å². The Kier molecular flexibility index (Phi) is 5.08. The number of hydrogen-bond donors (Lipinski definition) is 1. The van der Waals surface area contributed by atoms with Crippen LogP contribution < -0.4 is 10.6 Å². The summed E-state index contributed by atoms with van der Waals surface area (Å²) >= 11 is 0.961. The highest BCUT2D eigenvalue weighted by Crippen LogP contribution is 2.45. The van der Waals surface area contributed by atoms with Gasteiger partial charge in [0.15, 0.2) is 11.6 Å². The second kappa shape index (κ2) is 8.28. The highest BCUT2D eigenvalue weighted by molar-refractivity contribution is 7.23. The Morgan fingerprint density at radius 1 is 1.19 bits per heavy atom. The van der Waals surface area contributed by atoms with E-state index in [1.165, 1.54) is 12.8 Å². The second-order valence-corrected chi connectivity index (χ2v) is 11.1. The lowest BCUT2D eigenvalue weighted by Gasteiger charge is -2.33. The number of fused-ring (bicyclic) bond motifs is 5. The Labute approximate surface area is 215 Å². The van der Waals surface area contributed by atoms with Crippen LogP contribution in [0.2, 0.25) is 0 Å². The average molecular weight is 520 g/mol. The van der Waals surface area contributed by atoms with Gasteiger partial charge >= 0.3 is 0 Å². The van der Waals surface area contributed by atoms with Gasteiger partial charge in [-0.05, 0) is 43.5 Å². The van der Waals surface area contributed by atoms with Crippen LogP contribution in [0, 0.1) is 28.9 Å². The monoisotopic (exact) mass is 519 g/mol. The number of nitrogens with zero attached hydrogens (tertiary/aromatic N) is 6. The molecule has 188 valence electrons. The number of anilines is 2. The van der Waals surface area contributed by atoms with E-state index in [1.807, 2.05) is 6.07 Å². The van der Waals surface area contributed by atoms with Crippen LogP contribution in [-0.2, 0) is 18.0 Å². The van der Waals surface area contributed by atoms with Crippen LogP contribution in [0.3, 0.4) is 0 Å². The molecule has 7 rings (SSSR count). The molecule has 1 aromatic carbocycles. The van der Waals surface area contributed by atoms with Crippen molar-refractivity contribution in [1.29, 1.82) is 5.26 Å². The Morgan fingerprint density at radius 2 is 2.03 bits per heavy atom. The summed E-state index contributed by atoms with van der Waals surface area (Å²) in [5, 5.41) is 10.7. The first-order valence-corrected chi connectivity index (χ1v) is 13.1. The number of nitriles is 1. The zero-order valence-electron chi connectivity index (χ0n) is 20.1. The number of likely N-dealkylation sites (tertiary alicyclic amines) is 1. The molecule has 2 fully saturated rings. The van der Waals surface area contributed by atoms with Crippen molar-refractivity contribution in [3.8, 4) is 17.3 Å². The molecule has 3 aliphatic heterocycles. The van der Waals surface area contributed by atoms with E-state index in [0.717, 1.165) is 42.7 Å². The molecule has 11 heteroatoms. The minimum absolute atomic E-state index is 0.0985. The summed E-state index contributed by atoms with van der Waals surface area (Å²) in [6.45, 7) is 3.16. The number of rotatable bonds is 2. The number of likely N-dealkylation sites (N-methyl/N-ethyl adjacent to an activating group) is 1. The van der Waals surface area contributed by atoms with Gasteiger partial charge in [0.1, 0.15) is 16.6 Å². The Hall–Kier alpha value is -3.46. The van der Waals surface area contributed by atoms with Gasteiger partial charge in [0.2, 0.25) is 5.95 Å². The second-order valence-electron chi connectivity index (χ2n) is 10.0. The molecule has 0 bridgehead atoms. The summed E-state index contributed by atoms with van der Waals surface area (Å²) in [6, 6.07) is 2.48. The molecule has 2 saturated heterocycles. The van der Waals surface area contributed by atoms with Crippen LogP contribution in [-0.4, -0.2) is 52.6 Å². The summed E-state index contributed by atoms with van der Waals surface area (Å²) in [5.41, 5.74) is 8.05. The Morgan fingerprint density at radius 3 is 2.84 bits per heavy atom. The van der Waals surface area contributed by atoms with Crippen molar-refractivity contribution in [3.63, 3.8) is 0 Å². The van der Waals surface area contributed by atoms with Gasteiger partial charge in [0.05, 0.1) is 35.4 Å². The van der Waals surface area contributed by atoms with Crippen LogP contribution in [0.25, 0.3) is 32.2 Å². The summed E-state index contributed by atoms with van der Waals surface area (Å²) in [4.78, 5) is 18.2. The van der Waals surface area contributed by atoms with Crippen molar-refractivity contribution < 1.29 is 13.5 Å². The van der Waals surface area contributed by atoms with E-state index in [9.17, 15) is 9.65 Å². The largest absolute Gasteiger partial charge is 0.389 e. The molecule has 3 aliphatic rings. The maximum absolute atomic E-state index is 16.5. The molecular formula is C26H23F2N7OS. The number of aromatic nitrogens is 3. The fourth-order valence-electron chi connectivity index (χ4n) is 6.26. The van der Waals surface area contributed by atoms with Crippen LogP contribution >= 0.6 is 11.3 Å². The van der Waals surface area contributed by atoms with Crippen LogP contribution in [0.4, 0.5) is 19.7 Å². The topological polar surface area (TPSA) is 104 Å². The molecule has 0 spiro atoms. The summed E-state index contributed by atoms with van der Waals surface area (Å²) in [5.74, 6) is -0.146. The third-order valence-electron chi connectivity index (χ3n) is 8.07. The molecule has 0 amide bonds. The smallest absolute Gasteiger partial charge is 0.226 e. The lowest BCUT2D eigenvalue weighted by molar-refractivity contribution is 0.135. The zero-order valence-corrected chi connectivity index (χ0v) is 20.9. The van der Waals surface area contributed by atoms with E-state index in [-0.39, 0.29) is 50.6 Å². The molecule has 0 radical (unpaired) electrons. The summed E-state index contributed by atoms with van der Waals surface area (Å²) < 4.78 is 37.0. The van der Waals surface area contributed by atoms with Gasteiger partial charge in [-0.25, -0.2) is 18.7 Å². The highest BCUT2D eigenvalue weighted by Gasteiger charge is 2.39. The number of thiophene rings is 1. The molecule has 37 heavy (non-hydrogen) atoms. The van der Waals surface area contributed by atoms with Crippen molar-refractivity contribution in [2.45, 2.75) is 32.1 Å². The molecular weight excluding hydrogens is 496 g/mol. The van der Waals surface area contributed by atoms with Crippen LogP contribution in [0.15, 0.2) is 12.4 Å². The average Bonchev–Trinajstić information content (AvgIpc) is 3.62. The third kappa shape index (κ3) is 3.26. The molecule has 2 N–H and O–H groups in total. The number of benzene rings is 1. The molecule has 2 unspecified atom stereocenters. The molecule has 6 heterocycles. The first-order chi connectivity index (χ1) is 18.0. The fourth-order valence-corrected chi connectivity index (χ4v) is 7.18. The maximum Gasteiger partial charge on any atom is 0.226 e. The Balaban J connectivity index is 1.43. The summed E-state index contributed by atoms with van der Waals surface area (Å²) in [6.07, 6.45) is 5.07. The van der Waals surface area contributed by atoms with Gasteiger partial charge in [-0.1, -0.05) is 0 Å². The minimum atomic E-state index is -0.601. The number of nitrogens with two attached hydrogens (primary N) is 1. The Bertz CT molecular complexity index is 1650. The van der Waals surface area contributed by atoms with Gasteiger partial charge in [-0.3, -0.25) is 4.98 Å². The molecule has 8 nitrogen and oxygen atoms in total. The molecule has 4 aromatic rings. The van der Waals surface area contributed by atoms with Crippen molar-refractivity contribution in [3.05, 3.63) is 40.7 Å². The van der Waals surface area contributed by atoms with Gasteiger partial charge in [-0.2, -0.15) is 5.26 Å². The van der Waals surface area contributed by atoms with Gasteiger partial charge in [0, 0.05) is 41.7 Å². The predicted molar refractivity (Wildman–Crippen MR) is 137 cm³/mol. The number of hydrogen-bond acceptors (Lipinski definition) is 9. The third-order valence-corrected chi connectivity index (χ3v) is 9.10. The highest BCUT2D eigenvalue weighted by atomic mass is 32.1. The first kappa shape index (κ1) is 22.7. The molecule has 2 atom stereocenters. The van der Waals surface area contributed by atoms with E-state index >= 15 is 4.39 Å². The van der Waals surface area contributed by atoms with Crippen LogP contribution in [0.1, 0.15) is 29.5 Å². The van der Waals surface area contributed by atoms with Crippen molar-refractivity contribution in [2.24, 2.45) is 5.92 Å². The van der Waals surface area contributed by atoms with Crippen LogP contribution in [0.5, 0.6) is 0 Å². The zero-order chi connectivity index (χ0) is 25.4. The van der Waals surface area contributed by atoms with E-state index in [2.05, 4.69) is 26.8 Å². The quantitative estimate of drug-likeness (QED) is 0.420. The number of pyridine rings is 1. The molecule has 3 aromatic heterocycles. The van der Waals surface area contributed by atoms with E-state index in [0.29, 0.717) is 28.9 Å². The van der Waals surface area contributed by atoms with E-state index in [1.54, 1.807) is 6.20 Å². The number of piperidine rings is 1. The normalized spacial score (nSPS) is 21.5. The fraction of sp³-hybridized carbons (Fsp3) is 0.385. The number of ether oxygens (including phenoxy) is 1. The molecule has 0 saturated carbocycles. The van der Waals surface area contributed by atoms with Crippen molar-refractivity contribution in [2.75, 3.05) is 37.3 Å². The lowest BCUT2D eigenvalue weighted by atomic mass is 9.93. The van der Waals surface area contributed by atoms with Crippen molar-refractivity contribution >= 4 is 43.3 Å². The van der Waals surface area contributed by atoms with Gasteiger partial charge in [-0.15, -0.1) is 11.3 Å². The predicted octanol–water partition coefficient (Wildman–Crippen LogP) is 4.20. The minimum Gasteiger partial charge on any atom is -0.389 e. The number of nitrogen functional groups attached to an aromatic ring is 1. The standard InChI is InChI=1S/C26H23F2N7OS/c1-34-4-2-3-12-8-35(9-18(12)34)26-32-6-14-15-10-36-11-16(15)19(21(28)22(14)33-26)23-20-13(5-29)25(30)37-24(20)17(27)7-31-23/h6-7,12,18H,2-4,8-11,30H2,1H3. The van der Waals surface area contributed by atoms with E-state index in [4.69, 9.17) is 15.5 Å². The molecule has 0 aliphatic carbocycles. The number of halogens is 2.